The summed E-state index contributed by atoms with van der Waals surface area (Å²) in [4.78, 5) is 36.3. The van der Waals surface area contributed by atoms with E-state index in [1.54, 1.807) is 26.0 Å². The van der Waals surface area contributed by atoms with Gasteiger partial charge >= 0.3 is 11.5 Å². The van der Waals surface area contributed by atoms with Crippen LogP contribution in [0.1, 0.15) is 48.2 Å². The number of anilines is 1. The number of halogens is 3. The van der Waals surface area contributed by atoms with E-state index in [0.29, 0.717) is 11.1 Å². The molecule has 3 heterocycles. The second kappa shape index (κ2) is 10.1. The molecule has 2 unspecified atom stereocenters. The number of hydrogen-bond acceptors (Lipinski definition) is 7. The quantitative estimate of drug-likeness (QED) is 0.338. The minimum Gasteiger partial charge on any atom is -0.322 e. The molecule has 2 aromatic heterocycles. The van der Waals surface area contributed by atoms with E-state index in [9.17, 15) is 33.3 Å². The number of hydrogen-bond donors (Lipinski definition) is 1. The van der Waals surface area contributed by atoms with Crippen LogP contribution >= 0.6 is 11.8 Å². The smallest absolute Gasteiger partial charge is 0.322 e. The number of carbonyl (C=O) groups is 2. The molecule has 1 saturated heterocycles. The summed E-state index contributed by atoms with van der Waals surface area (Å²) in [5.41, 5.74) is -4.60. The topological polar surface area (TPSA) is 123 Å². The Hall–Kier alpha value is -4.42. The van der Waals surface area contributed by atoms with E-state index in [0.717, 1.165) is 4.90 Å². The van der Waals surface area contributed by atoms with Crippen molar-refractivity contribution in [2.24, 2.45) is 0 Å². The molecule has 0 spiro atoms. The van der Waals surface area contributed by atoms with Gasteiger partial charge in [-0.3, -0.25) is 4.79 Å². The van der Waals surface area contributed by atoms with Crippen molar-refractivity contribution < 1.29 is 22.8 Å². The van der Waals surface area contributed by atoms with Crippen LogP contribution in [0.2, 0.25) is 0 Å². The molecular weight excluding hydrogens is 517 g/mol. The first kappa shape index (κ1) is 26.6. The van der Waals surface area contributed by atoms with Crippen LogP contribution in [0.25, 0.3) is 0 Å². The number of amides is 3. The molecule has 38 heavy (non-hydrogen) atoms. The number of nitrogens with one attached hydrogen (secondary N) is 1. The fraction of sp³-hybridized carbons (Fsp3) is 0.231. The average molecular weight is 537 g/mol. The first-order valence-corrected chi connectivity index (χ1v) is 12.1. The van der Waals surface area contributed by atoms with E-state index >= 15 is 0 Å². The van der Waals surface area contributed by atoms with Gasteiger partial charge in [0.1, 0.15) is 29.1 Å². The van der Waals surface area contributed by atoms with Crippen molar-refractivity contribution in [3.05, 3.63) is 83.4 Å². The number of aromatic nitrogens is 2. The highest BCUT2D eigenvalue weighted by molar-refractivity contribution is 8.00. The fourth-order valence-electron chi connectivity index (χ4n) is 4.64. The molecule has 4 rings (SSSR count). The molecule has 1 N–H and O–H groups in total. The maximum Gasteiger partial charge on any atom is 0.446 e. The highest BCUT2D eigenvalue weighted by atomic mass is 32.2. The summed E-state index contributed by atoms with van der Waals surface area (Å²) in [7, 11) is 0. The van der Waals surface area contributed by atoms with Crippen LogP contribution in [0.3, 0.4) is 0 Å². The van der Waals surface area contributed by atoms with Gasteiger partial charge in [-0.2, -0.15) is 23.7 Å². The van der Waals surface area contributed by atoms with Crippen LogP contribution in [0.15, 0.2) is 65.8 Å². The third kappa shape index (κ3) is 4.91. The van der Waals surface area contributed by atoms with Gasteiger partial charge in [0.15, 0.2) is 0 Å². The van der Waals surface area contributed by atoms with Crippen LogP contribution in [0.5, 0.6) is 0 Å². The van der Waals surface area contributed by atoms with E-state index < -0.39 is 34.8 Å². The summed E-state index contributed by atoms with van der Waals surface area (Å²) >= 11 is -0.304. The lowest BCUT2D eigenvalue weighted by Gasteiger charge is -2.38. The van der Waals surface area contributed by atoms with E-state index in [4.69, 9.17) is 0 Å². The Morgan fingerprint density at radius 2 is 1.42 bits per heavy atom. The standard InChI is InChI=1S/C26H19F3N6O2S/c1-15(17-7-9-32-19(11-17)13-30)25(16(2)18-8-10-33-20(12-18)14-31)23(36)35(24(37)34-25)21-3-5-22(6-4-21)38-26(27,28)29/h3-12,15-16H,1-2H3,(H,34,37). The zero-order valence-corrected chi connectivity index (χ0v) is 20.8. The molecule has 0 aliphatic carbocycles. The predicted octanol–water partition coefficient (Wildman–Crippen LogP) is 5.23. The molecule has 1 aromatic carbocycles. The lowest BCUT2D eigenvalue weighted by atomic mass is 9.70. The van der Waals surface area contributed by atoms with Gasteiger partial charge in [-0.1, -0.05) is 13.8 Å². The van der Waals surface area contributed by atoms with Crippen molar-refractivity contribution in [3.63, 3.8) is 0 Å². The first-order chi connectivity index (χ1) is 18.0. The normalized spacial score (nSPS) is 18.9. The number of pyridine rings is 2. The maximum atomic E-state index is 14.2. The zero-order chi connectivity index (χ0) is 27.7. The molecule has 8 nitrogen and oxygen atoms in total. The van der Waals surface area contributed by atoms with Gasteiger partial charge in [-0.15, -0.1) is 0 Å². The molecular formula is C26H19F3N6O2S. The molecule has 192 valence electrons. The molecule has 1 aliphatic rings. The van der Waals surface area contributed by atoms with Crippen molar-refractivity contribution in [3.8, 4) is 12.1 Å². The second-order valence-corrected chi connectivity index (χ2v) is 9.74. The van der Waals surface area contributed by atoms with E-state index in [2.05, 4.69) is 15.3 Å². The zero-order valence-electron chi connectivity index (χ0n) is 20.0. The number of nitrogens with zero attached hydrogens (tertiary/aromatic N) is 5. The minimum absolute atomic E-state index is 0.0945. The number of nitriles is 2. The van der Waals surface area contributed by atoms with E-state index in [1.165, 1.54) is 48.8 Å². The molecule has 3 amide bonds. The Balaban J connectivity index is 1.81. The summed E-state index contributed by atoms with van der Waals surface area (Å²) in [6.07, 6.45) is 2.86. The molecule has 0 radical (unpaired) electrons. The number of imide groups is 1. The summed E-state index contributed by atoms with van der Waals surface area (Å²) in [5, 5.41) is 21.5. The average Bonchev–Trinajstić information content (AvgIpc) is 3.17. The lowest BCUT2D eigenvalue weighted by molar-refractivity contribution is -0.123. The van der Waals surface area contributed by atoms with Crippen LogP contribution in [-0.2, 0) is 4.79 Å². The summed E-state index contributed by atoms with van der Waals surface area (Å²) < 4.78 is 38.3. The van der Waals surface area contributed by atoms with Crippen LogP contribution in [0.4, 0.5) is 23.7 Å². The number of rotatable bonds is 6. The number of benzene rings is 1. The first-order valence-electron chi connectivity index (χ1n) is 11.2. The van der Waals surface area contributed by atoms with Crippen molar-refractivity contribution in [1.82, 2.24) is 15.3 Å². The van der Waals surface area contributed by atoms with Gasteiger partial charge in [0, 0.05) is 29.1 Å². The Morgan fingerprint density at radius 3 is 1.87 bits per heavy atom. The number of thioether (sulfide) groups is 1. The van der Waals surface area contributed by atoms with Crippen LogP contribution < -0.4 is 10.2 Å². The highest BCUT2D eigenvalue weighted by Crippen LogP contribution is 2.45. The lowest BCUT2D eigenvalue weighted by Crippen LogP contribution is -2.55. The van der Waals surface area contributed by atoms with Crippen LogP contribution in [-0.4, -0.2) is 33.0 Å². The molecule has 12 heteroatoms. The third-order valence-corrected chi connectivity index (χ3v) is 7.30. The van der Waals surface area contributed by atoms with Gasteiger partial charge in [-0.05, 0) is 71.4 Å². The maximum absolute atomic E-state index is 14.2. The Labute approximate surface area is 220 Å². The van der Waals surface area contributed by atoms with Crippen molar-refractivity contribution in [2.75, 3.05) is 4.90 Å². The fourth-order valence-corrected chi connectivity index (χ4v) is 5.18. The Morgan fingerprint density at radius 1 is 0.921 bits per heavy atom. The number of urea groups is 1. The van der Waals surface area contributed by atoms with Gasteiger partial charge in [0.2, 0.25) is 0 Å². The molecule has 0 saturated carbocycles. The molecule has 0 bridgehead atoms. The summed E-state index contributed by atoms with van der Waals surface area (Å²) in [5.74, 6) is -2.01. The van der Waals surface area contributed by atoms with Gasteiger partial charge in [0.05, 0.1) is 5.69 Å². The monoisotopic (exact) mass is 536 g/mol. The second-order valence-electron chi connectivity index (χ2n) is 8.60. The molecule has 3 aromatic rings. The van der Waals surface area contributed by atoms with Gasteiger partial charge in [0.25, 0.3) is 5.91 Å². The Kier molecular flexibility index (Phi) is 7.11. The van der Waals surface area contributed by atoms with Gasteiger partial charge in [-0.25, -0.2) is 19.7 Å². The third-order valence-electron chi connectivity index (χ3n) is 6.57. The minimum atomic E-state index is -4.48. The molecule has 1 aliphatic heterocycles. The number of alkyl halides is 3. The summed E-state index contributed by atoms with van der Waals surface area (Å²) in [6.45, 7) is 3.45. The summed E-state index contributed by atoms with van der Waals surface area (Å²) in [6, 6.07) is 14.4. The predicted molar refractivity (Wildman–Crippen MR) is 132 cm³/mol. The van der Waals surface area contributed by atoms with E-state index in [1.807, 2.05) is 12.1 Å². The molecule has 1 fully saturated rings. The Bertz CT molecular complexity index is 1420. The van der Waals surface area contributed by atoms with Crippen LogP contribution in [0, 0.1) is 22.7 Å². The highest BCUT2D eigenvalue weighted by Gasteiger charge is 2.58. The largest absolute Gasteiger partial charge is 0.446 e. The SMILES string of the molecule is CC(c1ccnc(C#N)c1)C1(C(C)c2ccnc(C#N)c2)NC(=O)N(c2ccc(SC(F)(F)F)cc2)C1=O. The van der Waals surface area contributed by atoms with E-state index in [-0.39, 0.29) is 33.7 Å². The molecule has 2 atom stereocenters. The van der Waals surface area contributed by atoms with Crippen molar-refractivity contribution in [1.29, 1.82) is 10.5 Å². The van der Waals surface area contributed by atoms with Crippen molar-refractivity contribution in [2.45, 2.75) is 41.6 Å². The number of carbonyl (C=O) groups excluding carboxylic acids is 2. The van der Waals surface area contributed by atoms with Crippen molar-refractivity contribution >= 4 is 29.4 Å². The van der Waals surface area contributed by atoms with Gasteiger partial charge < -0.3 is 5.32 Å².